The van der Waals surface area contributed by atoms with Crippen molar-refractivity contribution in [3.63, 3.8) is 0 Å². The molecule has 6 nitrogen and oxygen atoms in total. The Balaban J connectivity index is 4.55. The molecule has 0 fully saturated rings. The van der Waals surface area contributed by atoms with Gasteiger partial charge in [0.2, 0.25) is 0 Å². The molecule has 1 unspecified atom stereocenters. The Kier molecular flexibility index (Phi) is 63.9. The predicted octanol–water partition coefficient (Wildman–Crippen LogP) is 23.0. The summed E-state index contributed by atoms with van der Waals surface area (Å²) in [6.07, 6.45) is 101. The first-order valence-electron chi connectivity index (χ1n) is 33.1. The number of esters is 3. The van der Waals surface area contributed by atoms with Crippen molar-refractivity contribution in [3.05, 3.63) is 170 Å². The average Bonchev–Trinajstić information content (AvgIpc) is 3.47. The highest BCUT2D eigenvalue weighted by Crippen LogP contribution is 2.14. The number of hydrogen-bond donors (Lipinski definition) is 0. The normalized spacial score (nSPS) is 13.3. The third-order valence-electron chi connectivity index (χ3n) is 13.4. The van der Waals surface area contributed by atoms with Crippen LogP contribution in [-0.2, 0) is 28.6 Å². The maximum absolute atomic E-state index is 12.9. The summed E-state index contributed by atoms with van der Waals surface area (Å²) in [7, 11) is 0. The molecule has 0 aromatic heterocycles. The molecule has 0 rings (SSSR count). The fourth-order valence-electron chi connectivity index (χ4n) is 8.54. The number of allylic oxidation sites excluding steroid dienone is 28. The minimum atomic E-state index is -0.818. The highest BCUT2D eigenvalue weighted by molar-refractivity contribution is 5.71. The van der Waals surface area contributed by atoms with Gasteiger partial charge in [0.1, 0.15) is 13.2 Å². The van der Waals surface area contributed by atoms with Crippen LogP contribution in [0.5, 0.6) is 0 Å². The molecule has 6 heteroatoms. The highest BCUT2D eigenvalue weighted by atomic mass is 16.6. The van der Waals surface area contributed by atoms with Gasteiger partial charge in [-0.1, -0.05) is 268 Å². The van der Waals surface area contributed by atoms with Crippen molar-refractivity contribution in [1.82, 2.24) is 0 Å². The van der Waals surface area contributed by atoms with E-state index in [4.69, 9.17) is 14.2 Å². The van der Waals surface area contributed by atoms with Crippen LogP contribution in [0.15, 0.2) is 170 Å². The summed E-state index contributed by atoms with van der Waals surface area (Å²) in [5.41, 5.74) is 0. The quantitative estimate of drug-likeness (QED) is 0.0261. The van der Waals surface area contributed by atoms with Crippen LogP contribution in [0.4, 0.5) is 0 Å². The van der Waals surface area contributed by atoms with Gasteiger partial charge in [0.25, 0.3) is 0 Å². The highest BCUT2D eigenvalue weighted by Gasteiger charge is 2.19. The molecule has 0 N–H and O–H groups in total. The van der Waals surface area contributed by atoms with Crippen LogP contribution in [0.2, 0.25) is 0 Å². The van der Waals surface area contributed by atoms with Crippen LogP contribution in [0.25, 0.3) is 0 Å². The van der Waals surface area contributed by atoms with Gasteiger partial charge in [-0.2, -0.15) is 0 Å². The van der Waals surface area contributed by atoms with Gasteiger partial charge in [-0.25, -0.2) is 0 Å². The van der Waals surface area contributed by atoms with Gasteiger partial charge < -0.3 is 14.2 Å². The zero-order valence-electron chi connectivity index (χ0n) is 52.7. The van der Waals surface area contributed by atoms with E-state index < -0.39 is 6.10 Å². The summed E-state index contributed by atoms with van der Waals surface area (Å²) >= 11 is 0. The molecular weight excluding hydrogens is 1010 g/mol. The van der Waals surface area contributed by atoms with E-state index in [0.29, 0.717) is 12.8 Å². The summed E-state index contributed by atoms with van der Waals surface area (Å²) in [6, 6.07) is 0. The third-order valence-corrected chi connectivity index (χ3v) is 13.4. The van der Waals surface area contributed by atoms with Crippen molar-refractivity contribution >= 4 is 17.9 Å². The molecule has 460 valence electrons. The van der Waals surface area contributed by atoms with E-state index >= 15 is 0 Å². The molecular formula is C76H120O6. The first-order chi connectivity index (χ1) is 40.5. The lowest BCUT2D eigenvalue weighted by atomic mass is 10.1. The summed E-state index contributed by atoms with van der Waals surface area (Å²) in [6.45, 7) is 6.35. The molecule has 0 spiro atoms. The molecule has 1 atom stereocenters. The molecule has 0 heterocycles. The lowest BCUT2D eigenvalue weighted by molar-refractivity contribution is -0.167. The van der Waals surface area contributed by atoms with Crippen molar-refractivity contribution in [2.24, 2.45) is 0 Å². The fourth-order valence-corrected chi connectivity index (χ4v) is 8.54. The fraction of sp³-hybridized carbons (Fsp3) is 0.592. The lowest BCUT2D eigenvalue weighted by Crippen LogP contribution is -2.30. The zero-order chi connectivity index (χ0) is 59.2. The third kappa shape index (κ3) is 65.6. The number of hydrogen-bond acceptors (Lipinski definition) is 6. The first kappa shape index (κ1) is 76.8. The Morgan fingerprint density at radius 3 is 0.744 bits per heavy atom. The van der Waals surface area contributed by atoms with Crippen LogP contribution in [0.3, 0.4) is 0 Å². The van der Waals surface area contributed by atoms with Crippen molar-refractivity contribution in [2.75, 3.05) is 13.2 Å². The van der Waals surface area contributed by atoms with Crippen molar-refractivity contribution < 1.29 is 28.6 Å². The second kappa shape index (κ2) is 68.3. The largest absolute Gasteiger partial charge is 0.462 e. The van der Waals surface area contributed by atoms with Crippen LogP contribution < -0.4 is 0 Å². The second-order valence-electron chi connectivity index (χ2n) is 21.3. The Hall–Kier alpha value is -5.23. The van der Waals surface area contributed by atoms with Gasteiger partial charge in [0.05, 0.1) is 0 Å². The number of ether oxygens (including phenoxy) is 3. The Labute approximate surface area is 504 Å². The van der Waals surface area contributed by atoms with Gasteiger partial charge in [-0.15, -0.1) is 0 Å². The second-order valence-corrected chi connectivity index (χ2v) is 21.3. The molecule has 0 saturated carbocycles. The minimum absolute atomic E-state index is 0.109. The van der Waals surface area contributed by atoms with Gasteiger partial charge >= 0.3 is 17.9 Å². The van der Waals surface area contributed by atoms with Crippen LogP contribution in [-0.4, -0.2) is 37.2 Å². The molecule has 0 aromatic carbocycles. The SMILES string of the molecule is CC/C=C\C/C=C\C/C=C\C/C=C\C/C=C\C/C=C\CCCCCCC(=O)OCC(COC(=O)CCCCCCCCC/C=C\C/C=C\CCCCCC)OC(=O)CCCCCC/C=C\C/C=C\C/C=C\C/C=C\C/C=C\C/C=C\CC. The van der Waals surface area contributed by atoms with E-state index in [9.17, 15) is 14.4 Å². The molecule has 0 aliphatic carbocycles. The van der Waals surface area contributed by atoms with Gasteiger partial charge in [0.15, 0.2) is 6.10 Å². The molecule has 0 radical (unpaired) electrons. The Morgan fingerprint density at radius 1 is 0.256 bits per heavy atom. The number of unbranched alkanes of at least 4 members (excludes halogenated alkanes) is 19. The van der Waals surface area contributed by atoms with Crippen molar-refractivity contribution in [3.8, 4) is 0 Å². The first-order valence-corrected chi connectivity index (χ1v) is 33.1. The number of carbonyl (C=O) groups excluding carboxylic acids is 3. The Morgan fingerprint density at radius 2 is 0.476 bits per heavy atom. The summed E-state index contributed by atoms with van der Waals surface area (Å²) in [5.74, 6) is -0.969. The van der Waals surface area contributed by atoms with Crippen LogP contribution >= 0.6 is 0 Å². The van der Waals surface area contributed by atoms with Crippen molar-refractivity contribution in [1.29, 1.82) is 0 Å². The van der Waals surface area contributed by atoms with E-state index in [1.165, 1.54) is 57.8 Å². The predicted molar refractivity (Wildman–Crippen MR) is 357 cm³/mol. The van der Waals surface area contributed by atoms with Crippen molar-refractivity contribution in [2.45, 2.75) is 277 Å². The topological polar surface area (TPSA) is 78.9 Å². The number of carbonyl (C=O) groups is 3. The number of rotatable bonds is 58. The van der Waals surface area contributed by atoms with E-state index in [1.807, 2.05) is 0 Å². The molecule has 0 aliphatic rings. The average molecular weight is 1130 g/mol. The standard InChI is InChI=1S/C76H120O6/c1-4-7-10-13-16-19-22-25-28-31-34-36-38-40-42-45-48-51-54-57-60-63-66-69-75(78)81-72-73(71-80-74(77)68-65-62-59-56-53-50-47-44-33-30-27-24-21-18-15-12-9-6-3)82-76(79)70-67-64-61-58-55-52-49-46-43-41-39-37-35-32-29-26-23-20-17-14-11-8-5-2/h7-8,10-11,16-17,19-21,24-26,28-30,33-37,40-43,48-49,51-52,73H,4-6,9,12-15,18,22-23,27,31-32,38-39,44-47,50,53-72H2,1-3H3/b10-7-,11-8-,19-16-,20-17-,24-21-,28-25-,29-26-,33-30-,36-34-,37-35-,42-40-,43-41-,51-48-,52-49-. The molecule has 0 aromatic rings. The van der Waals surface area contributed by atoms with E-state index in [-0.39, 0.29) is 37.5 Å². The van der Waals surface area contributed by atoms with Gasteiger partial charge in [0, 0.05) is 19.3 Å². The zero-order valence-corrected chi connectivity index (χ0v) is 52.7. The van der Waals surface area contributed by atoms with E-state index in [1.54, 1.807) is 0 Å². The van der Waals surface area contributed by atoms with Crippen LogP contribution in [0.1, 0.15) is 271 Å². The van der Waals surface area contributed by atoms with Gasteiger partial charge in [-0.05, 0) is 154 Å². The maximum Gasteiger partial charge on any atom is 0.306 e. The van der Waals surface area contributed by atoms with Gasteiger partial charge in [-0.3, -0.25) is 14.4 Å². The minimum Gasteiger partial charge on any atom is -0.462 e. The summed E-state index contributed by atoms with van der Waals surface area (Å²) < 4.78 is 16.9. The molecule has 0 aliphatic heterocycles. The monoisotopic (exact) mass is 1130 g/mol. The summed E-state index contributed by atoms with van der Waals surface area (Å²) in [5, 5.41) is 0. The molecule has 82 heavy (non-hydrogen) atoms. The van der Waals surface area contributed by atoms with E-state index in [2.05, 4.69) is 191 Å². The Bertz CT molecular complexity index is 1870. The molecule has 0 saturated heterocycles. The molecule has 0 bridgehead atoms. The molecule has 0 amide bonds. The lowest BCUT2D eigenvalue weighted by Gasteiger charge is -2.18. The maximum atomic E-state index is 12.9. The van der Waals surface area contributed by atoms with Crippen LogP contribution in [0, 0.1) is 0 Å². The smallest absolute Gasteiger partial charge is 0.306 e. The summed E-state index contributed by atoms with van der Waals surface area (Å²) in [4.78, 5) is 38.4. The van der Waals surface area contributed by atoms with E-state index in [0.717, 1.165) is 173 Å².